The number of hydrogen-bond donors (Lipinski definition) is 2. The number of aliphatic carboxylic acids is 1. The van der Waals surface area contributed by atoms with Crippen LogP contribution >= 0.6 is 0 Å². The van der Waals surface area contributed by atoms with E-state index in [2.05, 4.69) is 5.32 Å². The highest BCUT2D eigenvalue weighted by atomic mass is 16.4. The third kappa shape index (κ3) is 1.91. The Morgan fingerprint density at radius 1 is 1.47 bits per heavy atom. The molecule has 1 saturated heterocycles. The van der Waals surface area contributed by atoms with Crippen LogP contribution in [-0.2, 0) is 4.79 Å². The summed E-state index contributed by atoms with van der Waals surface area (Å²) in [6.07, 6.45) is 3.37. The summed E-state index contributed by atoms with van der Waals surface area (Å²) in [5, 5.41) is 11.2. The summed E-state index contributed by atoms with van der Waals surface area (Å²) in [6.45, 7) is 2.28. The van der Waals surface area contributed by atoms with Crippen molar-refractivity contribution in [2.75, 3.05) is 6.54 Å². The zero-order chi connectivity index (χ0) is 11.0. The molecule has 5 heteroatoms. The number of fused-ring (bicyclic) bond motifs is 2. The molecule has 2 N–H and O–H groups in total. The van der Waals surface area contributed by atoms with Gasteiger partial charge in [0.15, 0.2) is 0 Å². The molecule has 0 radical (unpaired) electrons. The number of piperidine rings is 1. The normalized spacial score (nSPS) is 30.3. The van der Waals surface area contributed by atoms with E-state index >= 15 is 0 Å². The van der Waals surface area contributed by atoms with Crippen LogP contribution in [0.3, 0.4) is 0 Å². The first-order valence-corrected chi connectivity index (χ1v) is 5.38. The lowest BCUT2D eigenvalue weighted by Gasteiger charge is -2.27. The van der Waals surface area contributed by atoms with Crippen LogP contribution < -0.4 is 5.32 Å². The Morgan fingerprint density at radius 2 is 2.20 bits per heavy atom. The number of hydrogen-bond acceptors (Lipinski definition) is 2. The van der Waals surface area contributed by atoms with E-state index in [0.29, 0.717) is 12.0 Å². The molecule has 2 fully saturated rings. The van der Waals surface area contributed by atoms with Gasteiger partial charge >= 0.3 is 12.0 Å². The Labute approximate surface area is 88.4 Å². The Hall–Kier alpha value is -1.26. The van der Waals surface area contributed by atoms with Gasteiger partial charge in [-0.25, -0.2) is 4.79 Å². The van der Waals surface area contributed by atoms with E-state index in [4.69, 9.17) is 5.11 Å². The first kappa shape index (κ1) is 10.3. The van der Waals surface area contributed by atoms with E-state index in [1.165, 1.54) is 13.3 Å². The van der Waals surface area contributed by atoms with E-state index in [-0.39, 0.29) is 6.03 Å². The molecule has 0 spiro atoms. The van der Waals surface area contributed by atoms with Gasteiger partial charge in [-0.1, -0.05) is 0 Å². The van der Waals surface area contributed by atoms with E-state index < -0.39 is 12.0 Å². The zero-order valence-electron chi connectivity index (χ0n) is 8.77. The molecule has 3 atom stereocenters. The van der Waals surface area contributed by atoms with Crippen molar-refractivity contribution in [1.82, 2.24) is 10.2 Å². The van der Waals surface area contributed by atoms with Gasteiger partial charge in [0.25, 0.3) is 0 Å². The second-order valence-corrected chi connectivity index (χ2v) is 4.49. The van der Waals surface area contributed by atoms with Gasteiger partial charge in [-0.15, -0.1) is 0 Å². The van der Waals surface area contributed by atoms with Gasteiger partial charge in [0.05, 0.1) is 0 Å². The Morgan fingerprint density at radius 3 is 2.67 bits per heavy atom. The fourth-order valence-electron chi connectivity index (χ4n) is 2.50. The maximum atomic E-state index is 11.7. The minimum absolute atomic E-state index is 0.225. The number of carboxylic acid groups (broad SMARTS) is 1. The van der Waals surface area contributed by atoms with Crippen LogP contribution in [0.2, 0.25) is 0 Å². The molecular weight excluding hydrogens is 196 g/mol. The maximum absolute atomic E-state index is 11.7. The number of nitrogens with one attached hydrogen (secondary N) is 1. The fourth-order valence-corrected chi connectivity index (χ4v) is 2.50. The van der Waals surface area contributed by atoms with Gasteiger partial charge in [-0.2, -0.15) is 0 Å². The molecular formula is C10H16N2O3. The monoisotopic (exact) mass is 212 g/mol. The number of carboxylic acids is 1. The molecule has 15 heavy (non-hydrogen) atoms. The van der Waals surface area contributed by atoms with Crippen LogP contribution in [0.25, 0.3) is 0 Å². The molecule has 2 bridgehead atoms. The first-order chi connectivity index (χ1) is 7.08. The summed E-state index contributed by atoms with van der Waals surface area (Å²) in [5.41, 5.74) is 0. The van der Waals surface area contributed by atoms with Gasteiger partial charge in [0, 0.05) is 12.6 Å². The predicted octanol–water partition coefficient (Wildman–Crippen LogP) is 0.653. The second kappa shape index (κ2) is 3.72. The van der Waals surface area contributed by atoms with Crippen molar-refractivity contribution < 1.29 is 14.7 Å². The Bertz CT molecular complexity index is 292. The van der Waals surface area contributed by atoms with Crippen molar-refractivity contribution in [1.29, 1.82) is 0 Å². The smallest absolute Gasteiger partial charge is 0.325 e. The minimum Gasteiger partial charge on any atom is -0.480 e. The summed E-state index contributed by atoms with van der Waals surface area (Å²) in [4.78, 5) is 24.1. The van der Waals surface area contributed by atoms with Crippen LogP contribution in [-0.4, -0.2) is 40.6 Å². The molecule has 0 aromatic rings. The van der Waals surface area contributed by atoms with Crippen LogP contribution in [0.1, 0.15) is 26.2 Å². The van der Waals surface area contributed by atoms with E-state index in [9.17, 15) is 9.59 Å². The van der Waals surface area contributed by atoms with Gasteiger partial charge in [-0.3, -0.25) is 4.79 Å². The maximum Gasteiger partial charge on any atom is 0.325 e. The van der Waals surface area contributed by atoms with Crippen molar-refractivity contribution >= 4 is 12.0 Å². The Kier molecular flexibility index (Phi) is 2.54. The average Bonchev–Trinajstić information content (AvgIpc) is 2.78. The minimum atomic E-state index is -0.993. The van der Waals surface area contributed by atoms with Gasteiger partial charge < -0.3 is 15.3 Å². The number of likely N-dealkylation sites (tertiary alicyclic amines) is 1. The topological polar surface area (TPSA) is 69.6 Å². The number of urea groups is 1. The lowest BCUT2D eigenvalue weighted by atomic mass is 10.1. The van der Waals surface area contributed by atoms with Crippen LogP contribution in [0, 0.1) is 5.92 Å². The number of rotatable bonds is 2. The molecule has 1 saturated carbocycles. The number of amides is 2. The molecule has 1 heterocycles. The summed E-state index contributed by atoms with van der Waals surface area (Å²) >= 11 is 0. The van der Waals surface area contributed by atoms with Gasteiger partial charge in [-0.05, 0) is 32.1 Å². The van der Waals surface area contributed by atoms with Gasteiger partial charge in [0.2, 0.25) is 0 Å². The molecule has 2 rings (SSSR count). The van der Waals surface area contributed by atoms with Crippen molar-refractivity contribution in [3.8, 4) is 0 Å². The highest BCUT2D eigenvalue weighted by molar-refractivity contribution is 5.82. The lowest BCUT2D eigenvalue weighted by Crippen LogP contribution is -2.49. The summed E-state index contributed by atoms with van der Waals surface area (Å²) in [6, 6.07) is -0.690. The van der Waals surface area contributed by atoms with Crippen molar-refractivity contribution in [2.24, 2.45) is 5.92 Å². The summed E-state index contributed by atoms with van der Waals surface area (Å²) < 4.78 is 0. The summed E-state index contributed by atoms with van der Waals surface area (Å²) in [5.74, 6) is -0.353. The quantitative estimate of drug-likeness (QED) is 0.706. The van der Waals surface area contributed by atoms with E-state index in [0.717, 1.165) is 19.4 Å². The Balaban J connectivity index is 1.89. The molecule has 5 nitrogen and oxygen atoms in total. The average molecular weight is 212 g/mol. The lowest BCUT2D eigenvalue weighted by molar-refractivity contribution is -0.138. The highest BCUT2D eigenvalue weighted by Gasteiger charge is 2.40. The molecule has 0 unspecified atom stereocenters. The standard InChI is InChI=1S/C10H16N2O3/c1-6(9(13)14)11-10(15)12-5-7-2-3-8(12)4-7/h6-8H,2-5H2,1H3,(H,11,15)(H,13,14)/t6-,7+,8-/m0/s1. The van der Waals surface area contributed by atoms with Crippen molar-refractivity contribution in [3.63, 3.8) is 0 Å². The first-order valence-electron chi connectivity index (χ1n) is 5.38. The largest absolute Gasteiger partial charge is 0.480 e. The van der Waals surface area contributed by atoms with Crippen LogP contribution in [0.15, 0.2) is 0 Å². The zero-order valence-corrected chi connectivity index (χ0v) is 8.77. The van der Waals surface area contributed by atoms with Crippen LogP contribution in [0.4, 0.5) is 4.79 Å². The molecule has 0 aromatic heterocycles. The van der Waals surface area contributed by atoms with E-state index in [1.54, 1.807) is 4.90 Å². The van der Waals surface area contributed by atoms with E-state index in [1.807, 2.05) is 0 Å². The second-order valence-electron chi connectivity index (χ2n) is 4.49. The number of carbonyl (C=O) groups excluding carboxylic acids is 1. The van der Waals surface area contributed by atoms with Gasteiger partial charge in [0.1, 0.15) is 6.04 Å². The predicted molar refractivity (Wildman–Crippen MR) is 53.5 cm³/mol. The number of carbonyl (C=O) groups is 2. The fraction of sp³-hybridized carbons (Fsp3) is 0.800. The third-order valence-electron chi connectivity index (χ3n) is 3.38. The van der Waals surface area contributed by atoms with Crippen molar-refractivity contribution in [3.05, 3.63) is 0 Å². The third-order valence-corrected chi connectivity index (χ3v) is 3.38. The number of nitrogens with zero attached hydrogens (tertiary/aromatic N) is 1. The molecule has 1 aliphatic heterocycles. The molecule has 2 amide bonds. The molecule has 1 aliphatic carbocycles. The molecule has 0 aromatic carbocycles. The summed E-state index contributed by atoms with van der Waals surface area (Å²) in [7, 11) is 0. The molecule has 84 valence electrons. The van der Waals surface area contributed by atoms with Crippen LogP contribution in [0.5, 0.6) is 0 Å². The van der Waals surface area contributed by atoms with Crippen molar-refractivity contribution in [2.45, 2.75) is 38.3 Å². The highest BCUT2D eigenvalue weighted by Crippen LogP contribution is 2.37. The molecule has 2 aliphatic rings. The SMILES string of the molecule is C[C@H](NC(=O)N1C[C@@H]2CC[C@H]1C2)C(=O)O.